The Balaban J connectivity index is 0.00000200. The smallest absolute Gasteiger partial charge is 0.239 e. The molecule has 1 atom stereocenters. The minimum atomic E-state index is -0.606. The van der Waals surface area contributed by atoms with Crippen molar-refractivity contribution in [2.24, 2.45) is 0 Å². The lowest BCUT2D eigenvalue weighted by Crippen LogP contribution is -2.43. The van der Waals surface area contributed by atoms with E-state index in [1.54, 1.807) is 0 Å². The fourth-order valence-electron chi connectivity index (χ4n) is 2.34. The van der Waals surface area contributed by atoms with Crippen molar-refractivity contribution in [2.45, 2.75) is 32.4 Å². The maximum absolute atomic E-state index is 13.6. The quantitative estimate of drug-likeness (QED) is 0.927. The Hall–Kier alpha value is -1.20. The molecule has 0 unspecified atom stereocenters. The first-order valence-electron chi connectivity index (χ1n) is 6.58. The molecule has 1 N–H and O–H groups in total. The predicted octanol–water partition coefficient (Wildman–Crippen LogP) is 2.49. The molecule has 20 heavy (non-hydrogen) atoms. The monoisotopic (exact) mass is 304 g/mol. The lowest BCUT2D eigenvalue weighted by molar-refractivity contribution is -0.133. The molecule has 1 fully saturated rings. The predicted molar refractivity (Wildman–Crippen MR) is 75.7 cm³/mol. The molecule has 0 radical (unpaired) electrons. The fourth-order valence-corrected chi connectivity index (χ4v) is 2.34. The van der Waals surface area contributed by atoms with E-state index in [9.17, 15) is 13.6 Å². The van der Waals surface area contributed by atoms with E-state index >= 15 is 0 Å². The highest BCUT2D eigenvalue weighted by Crippen LogP contribution is 2.16. The van der Waals surface area contributed by atoms with Gasteiger partial charge < -0.3 is 10.2 Å². The summed E-state index contributed by atoms with van der Waals surface area (Å²) >= 11 is 0. The third kappa shape index (κ3) is 3.67. The van der Waals surface area contributed by atoms with Gasteiger partial charge in [0.15, 0.2) is 0 Å². The average molecular weight is 305 g/mol. The second-order valence-corrected chi connectivity index (χ2v) is 4.70. The van der Waals surface area contributed by atoms with E-state index in [4.69, 9.17) is 0 Å². The Labute approximate surface area is 123 Å². The first-order chi connectivity index (χ1) is 9.13. The Morgan fingerprint density at radius 1 is 1.40 bits per heavy atom. The van der Waals surface area contributed by atoms with Crippen molar-refractivity contribution >= 4 is 18.3 Å². The molecule has 3 nitrogen and oxygen atoms in total. The number of rotatable bonds is 4. The normalized spacial score (nSPS) is 17.6. The Kier molecular flexibility index (Phi) is 6.36. The SMILES string of the molecule is CCN(Cc1c(F)cccc1F)C(=O)[C@@H]1CCCN1.Cl. The van der Waals surface area contributed by atoms with Crippen LogP contribution in [0.4, 0.5) is 8.78 Å². The van der Waals surface area contributed by atoms with Gasteiger partial charge in [0.25, 0.3) is 0 Å². The molecule has 1 aliphatic heterocycles. The van der Waals surface area contributed by atoms with Gasteiger partial charge in [-0.05, 0) is 38.4 Å². The van der Waals surface area contributed by atoms with Crippen molar-refractivity contribution in [1.29, 1.82) is 0 Å². The van der Waals surface area contributed by atoms with Crippen LogP contribution in [0.25, 0.3) is 0 Å². The van der Waals surface area contributed by atoms with Crippen LogP contribution in [0.3, 0.4) is 0 Å². The van der Waals surface area contributed by atoms with Gasteiger partial charge in [0, 0.05) is 12.1 Å². The van der Waals surface area contributed by atoms with Gasteiger partial charge in [0.05, 0.1) is 12.6 Å². The third-order valence-electron chi connectivity index (χ3n) is 3.46. The first kappa shape index (κ1) is 16.9. The van der Waals surface area contributed by atoms with Gasteiger partial charge in [-0.1, -0.05) is 6.07 Å². The largest absolute Gasteiger partial charge is 0.337 e. The maximum Gasteiger partial charge on any atom is 0.239 e. The summed E-state index contributed by atoms with van der Waals surface area (Å²) in [6, 6.07) is 3.54. The summed E-state index contributed by atoms with van der Waals surface area (Å²) in [7, 11) is 0. The van der Waals surface area contributed by atoms with E-state index in [1.165, 1.54) is 23.1 Å². The number of hydrogen-bond acceptors (Lipinski definition) is 2. The van der Waals surface area contributed by atoms with Gasteiger partial charge in [-0.2, -0.15) is 0 Å². The number of likely N-dealkylation sites (N-methyl/N-ethyl adjacent to an activating group) is 1. The van der Waals surface area contributed by atoms with Gasteiger partial charge in [0.1, 0.15) is 11.6 Å². The minimum absolute atomic E-state index is 0. The van der Waals surface area contributed by atoms with Gasteiger partial charge in [-0.25, -0.2) is 8.78 Å². The molecule has 0 aliphatic carbocycles. The lowest BCUT2D eigenvalue weighted by atomic mass is 10.1. The van der Waals surface area contributed by atoms with Gasteiger partial charge in [-0.3, -0.25) is 4.79 Å². The standard InChI is InChI=1S/C14H18F2N2O.ClH/c1-2-18(14(19)13-7-4-8-17-13)9-10-11(15)5-3-6-12(10)16;/h3,5-6,13,17H,2,4,7-9H2,1H3;1H/t13-;/m0./s1. The zero-order valence-corrected chi connectivity index (χ0v) is 12.2. The highest BCUT2D eigenvalue weighted by Gasteiger charge is 2.27. The highest BCUT2D eigenvalue weighted by atomic mass is 35.5. The van der Waals surface area contributed by atoms with E-state index in [2.05, 4.69) is 5.32 Å². The molecule has 1 amide bonds. The van der Waals surface area contributed by atoms with E-state index in [0.29, 0.717) is 6.54 Å². The van der Waals surface area contributed by atoms with Crippen LogP contribution in [0, 0.1) is 11.6 Å². The number of halogens is 3. The Bertz CT molecular complexity index is 444. The van der Waals surface area contributed by atoms with Crippen molar-refractivity contribution in [3.63, 3.8) is 0 Å². The number of benzene rings is 1. The molecular formula is C14H19ClF2N2O. The summed E-state index contributed by atoms with van der Waals surface area (Å²) < 4.78 is 27.2. The van der Waals surface area contributed by atoms with Crippen molar-refractivity contribution in [3.05, 3.63) is 35.4 Å². The van der Waals surface area contributed by atoms with Gasteiger partial charge in [-0.15, -0.1) is 12.4 Å². The summed E-state index contributed by atoms with van der Waals surface area (Å²) in [5.74, 6) is -1.29. The molecule has 2 rings (SSSR count). The Morgan fingerprint density at radius 2 is 2.05 bits per heavy atom. The second-order valence-electron chi connectivity index (χ2n) is 4.70. The van der Waals surface area contributed by atoms with Gasteiger partial charge in [0.2, 0.25) is 5.91 Å². The maximum atomic E-state index is 13.6. The minimum Gasteiger partial charge on any atom is -0.337 e. The molecular weight excluding hydrogens is 286 g/mol. The molecule has 1 saturated heterocycles. The van der Waals surface area contributed by atoms with Gasteiger partial charge >= 0.3 is 0 Å². The van der Waals surface area contributed by atoms with Crippen LogP contribution in [0.15, 0.2) is 18.2 Å². The zero-order valence-electron chi connectivity index (χ0n) is 11.4. The number of carbonyl (C=O) groups excluding carboxylic acids is 1. The van der Waals surface area contributed by atoms with Crippen molar-refractivity contribution in [1.82, 2.24) is 10.2 Å². The molecule has 0 bridgehead atoms. The molecule has 1 aromatic rings. The van der Waals surface area contributed by atoms with E-state index < -0.39 is 11.6 Å². The molecule has 112 valence electrons. The summed E-state index contributed by atoms with van der Waals surface area (Å²) in [6.07, 6.45) is 1.75. The number of nitrogens with zero attached hydrogens (tertiary/aromatic N) is 1. The summed E-state index contributed by atoms with van der Waals surface area (Å²) in [4.78, 5) is 13.7. The lowest BCUT2D eigenvalue weighted by Gasteiger charge is -2.24. The van der Waals surface area contributed by atoms with Crippen LogP contribution in [0.2, 0.25) is 0 Å². The molecule has 0 saturated carbocycles. The molecule has 0 aromatic heterocycles. The number of amides is 1. The second kappa shape index (κ2) is 7.55. The average Bonchev–Trinajstić information content (AvgIpc) is 2.92. The van der Waals surface area contributed by atoms with Crippen molar-refractivity contribution in [2.75, 3.05) is 13.1 Å². The van der Waals surface area contributed by atoms with Crippen LogP contribution in [-0.4, -0.2) is 29.9 Å². The fraction of sp³-hybridized carbons (Fsp3) is 0.500. The number of carbonyl (C=O) groups is 1. The Morgan fingerprint density at radius 3 is 2.55 bits per heavy atom. The third-order valence-corrected chi connectivity index (χ3v) is 3.46. The topological polar surface area (TPSA) is 32.3 Å². The summed E-state index contributed by atoms with van der Waals surface area (Å²) in [5, 5.41) is 3.11. The zero-order chi connectivity index (χ0) is 13.8. The summed E-state index contributed by atoms with van der Waals surface area (Å²) in [5.41, 5.74) is -0.0457. The van der Waals surface area contributed by atoms with Crippen LogP contribution in [0.1, 0.15) is 25.3 Å². The van der Waals surface area contributed by atoms with Crippen LogP contribution >= 0.6 is 12.4 Å². The van der Waals surface area contributed by atoms with Crippen molar-refractivity contribution in [3.8, 4) is 0 Å². The van der Waals surface area contributed by atoms with E-state index in [-0.39, 0.29) is 36.5 Å². The molecule has 0 spiro atoms. The molecule has 1 aromatic carbocycles. The highest BCUT2D eigenvalue weighted by molar-refractivity contribution is 5.85. The van der Waals surface area contributed by atoms with Crippen LogP contribution in [0.5, 0.6) is 0 Å². The van der Waals surface area contributed by atoms with E-state index in [0.717, 1.165) is 19.4 Å². The van der Waals surface area contributed by atoms with Crippen molar-refractivity contribution < 1.29 is 13.6 Å². The number of hydrogen-bond donors (Lipinski definition) is 1. The van der Waals surface area contributed by atoms with Crippen LogP contribution < -0.4 is 5.32 Å². The first-order valence-corrected chi connectivity index (χ1v) is 6.58. The summed E-state index contributed by atoms with van der Waals surface area (Å²) in [6.45, 7) is 3.05. The molecule has 1 heterocycles. The molecule has 6 heteroatoms. The van der Waals surface area contributed by atoms with E-state index in [1.807, 2.05) is 6.92 Å². The number of nitrogens with one attached hydrogen (secondary N) is 1. The van der Waals surface area contributed by atoms with Crippen LogP contribution in [-0.2, 0) is 11.3 Å². The molecule has 1 aliphatic rings.